The number of fused-ring (bicyclic) bond motifs is 1. The first-order chi connectivity index (χ1) is 11.9. The molecule has 0 bridgehead atoms. The lowest BCUT2D eigenvalue weighted by molar-refractivity contribution is 0.0194. The summed E-state index contributed by atoms with van der Waals surface area (Å²) in [6.45, 7) is 2.25. The van der Waals surface area contributed by atoms with Crippen LogP contribution < -0.4 is 9.47 Å². The first-order valence-corrected chi connectivity index (χ1v) is 9.26. The Morgan fingerprint density at radius 2 is 2.08 bits per heavy atom. The normalized spacial score (nSPS) is 23.8. The Labute approximate surface area is 144 Å². The quantitative estimate of drug-likeness (QED) is 0.831. The van der Waals surface area contributed by atoms with Crippen molar-refractivity contribution in [2.75, 3.05) is 26.3 Å². The third kappa shape index (κ3) is 2.66. The molecule has 2 aliphatic heterocycles. The van der Waals surface area contributed by atoms with Gasteiger partial charge in [0.1, 0.15) is 18.1 Å². The van der Waals surface area contributed by atoms with Gasteiger partial charge in [-0.15, -0.1) is 0 Å². The molecular weight excluding hydrogens is 350 g/mol. The molecule has 3 heterocycles. The summed E-state index contributed by atoms with van der Waals surface area (Å²) in [5, 5.41) is 14.4. The predicted molar refractivity (Wildman–Crippen MR) is 83.7 cm³/mol. The van der Waals surface area contributed by atoms with Crippen molar-refractivity contribution in [3.63, 3.8) is 0 Å². The van der Waals surface area contributed by atoms with Crippen molar-refractivity contribution in [3.8, 4) is 11.5 Å². The van der Waals surface area contributed by atoms with E-state index in [1.807, 2.05) is 0 Å². The van der Waals surface area contributed by atoms with E-state index in [4.69, 9.17) is 14.0 Å². The van der Waals surface area contributed by atoms with Gasteiger partial charge >= 0.3 is 0 Å². The Hall–Kier alpha value is -2.17. The van der Waals surface area contributed by atoms with Crippen molar-refractivity contribution >= 4 is 10.0 Å². The number of aliphatic hydroxyl groups is 1. The molecule has 0 amide bonds. The van der Waals surface area contributed by atoms with E-state index in [0.717, 1.165) is 0 Å². The Morgan fingerprint density at radius 1 is 1.28 bits per heavy atom. The largest absolute Gasteiger partial charge is 0.486 e. The standard InChI is InChI=1S/C15H17N3O6S/c1-10-16-14(24-17-10)15(19)5-6-18(9-15)25(20,21)12-4-2-3-11-13(12)23-8-7-22-11/h2-4,19H,5-9H2,1H3/t15-/m0/s1. The van der Waals surface area contributed by atoms with Gasteiger partial charge in [0, 0.05) is 13.0 Å². The summed E-state index contributed by atoms with van der Waals surface area (Å²) in [6.07, 6.45) is 0.167. The van der Waals surface area contributed by atoms with E-state index in [-0.39, 0.29) is 42.7 Å². The second kappa shape index (κ2) is 5.68. The van der Waals surface area contributed by atoms with Crippen LogP contribution >= 0.6 is 0 Å². The monoisotopic (exact) mass is 367 g/mol. The van der Waals surface area contributed by atoms with Gasteiger partial charge in [0.25, 0.3) is 5.89 Å². The smallest absolute Gasteiger partial charge is 0.260 e. The second-order valence-electron chi connectivity index (χ2n) is 6.05. The fourth-order valence-corrected chi connectivity index (χ4v) is 4.65. The molecule has 0 saturated carbocycles. The van der Waals surface area contributed by atoms with Gasteiger partial charge in [-0.25, -0.2) is 8.42 Å². The molecule has 1 aromatic carbocycles. The van der Waals surface area contributed by atoms with E-state index in [1.54, 1.807) is 19.1 Å². The molecule has 0 spiro atoms. The first-order valence-electron chi connectivity index (χ1n) is 7.82. The number of ether oxygens (including phenoxy) is 2. The molecule has 0 aliphatic carbocycles. The first kappa shape index (κ1) is 16.3. The molecule has 1 aromatic heterocycles. The number of aromatic nitrogens is 2. The van der Waals surface area contributed by atoms with Crippen LogP contribution in [0.4, 0.5) is 0 Å². The van der Waals surface area contributed by atoms with Crippen LogP contribution in [0.15, 0.2) is 27.6 Å². The van der Waals surface area contributed by atoms with Crippen molar-refractivity contribution in [3.05, 3.63) is 29.9 Å². The Morgan fingerprint density at radius 3 is 2.84 bits per heavy atom. The van der Waals surface area contributed by atoms with Crippen molar-refractivity contribution in [2.24, 2.45) is 0 Å². The van der Waals surface area contributed by atoms with E-state index in [2.05, 4.69) is 10.1 Å². The molecule has 1 saturated heterocycles. The van der Waals surface area contributed by atoms with Crippen molar-refractivity contribution < 1.29 is 27.5 Å². The number of para-hydroxylation sites is 1. The number of hydrogen-bond donors (Lipinski definition) is 1. The lowest BCUT2D eigenvalue weighted by atomic mass is 10.0. The van der Waals surface area contributed by atoms with Gasteiger partial charge in [0.2, 0.25) is 10.0 Å². The average molecular weight is 367 g/mol. The molecule has 25 heavy (non-hydrogen) atoms. The summed E-state index contributed by atoms with van der Waals surface area (Å²) in [5.74, 6) is 1.01. The van der Waals surface area contributed by atoms with Crippen LogP contribution in [0, 0.1) is 6.92 Å². The molecule has 4 rings (SSSR count). The predicted octanol–water partition coefficient (Wildman–Crippen LogP) is 0.431. The maximum absolute atomic E-state index is 13.0. The molecule has 134 valence electrons. The van der Waals surface area contributed by atoms with Crippen LogP contribution in [-0.4, -0.2) is 54.3 Å². The molecule has 0 radical (unpaired) electrons. The zero-order valence-electron chi connectivity index (χ0n) is 13.5. The van der Waals surface area contributed by atoms with Crippen LogP contribution in [0.5, 0.6) is 11.5 Å². The van der Waals surface area contributed by atoms with Crippen LogP contribution in [0.3, 0.4) is 0 Å². The number of aryl methyl sites for hydroxylation is 1. The topological polar surface area (TPSA) is 115 Å². The Bertz CT molecular complexity index is 912. The zero-order valence-corrected chi connectivity index (χ0v) is 14.3. The summed E-state index contributed by atoms with van der Waals surface area (Å²) in [5.41, 5.74) is -1.50. The number of nitrogens with zero attached hydrogens (tertiary/aromatic N) is 3. The second-order valence-corrected chi connectivity index (χ2v) is 7.95. The van der Waals surface area contributed by atoms with E-state index < -0.39 is 15.6 Å². The van der Waals surface area contributed by atoms with Gasteiger partial charge in [-0.05, 0) is 19.1 Å². The maximum atomic E-state index is 13.0. The van der Waals surface area contributed by atoms with Gasteiger partial charge < -0.3 is 19.1 Å². The van der Waals surface area contributed by atoms with Gasteiger partial charge in [-0.1, -0.05) is 11.2 Å². The number of sulfonamides is 1. The average Bonchev–Trinajstić information content (AvgIpc) is 3.22. The lowest BCUT2D eigenvalue weighted by Gasteiger charge is -2.24. The molecule has 10 heteroatoms. The van der Waals surface area contributed by atoms with Crippen LogP contribution in [-0.2, 0) is 15.6 Å². The summed E-state index contributed by atoms with van der Waals surface area (Å²) in [6, 6.07) is 4.73. The molecule has 1 fully saturated rings. The highest BCUT2D eigenvalue weighted by Gasteiger charge is 2.47. The number of benzene rings is 1. The maximum Gasteiger partial charge on any atom is 0.260 e. The molecular formula is C15H17N3O6S. The van der Waals surface area contributed by atoms with E-state index >= 15 is 0 Å². The summed E-state index contributed by atoms with van der Waals surface area (Å²) < 4.78 is 43.3. The molecule has 0 unspecified atom stereocenters. The van der Waals surface area contributed by atoms with Gasteiger partial charge in [0.15, 0.2) is 22.9 Å². The zero-order chi connectivity index (χ0) is 17.7. The number of β-amino-alcohol motifs (C(OH)–C–C–N with tert-alkyl or cyclic N) is 1. The van der Waals surface area contributed by atoms with Crippen molar-refractivity contribution in [1.29, 1.82) is 0 Å². The van der Waals surface area contributed by atoms with Gasteiger partial charge in [-0.3, -0.25) is 0 Å². The third-order valence-corrected chi connectivity index (χ3v) is 6.16. The Balaban J connectivity index is 1.66. The SMILES string of the molecule is Cc1noc([C@]2(O)CCN(S(=O)(=O)c3cccc4c3OCCO4)C2)n1. The summed E-state index contributed by atoms with van der Waals surface area (Å²) in [4.78, 5) is 4.05. The highest BCUT2D eigenvalue weighted by Crippen LogP contribution is 2.40. The highest BCUT2D eigenvalue weighted by molar-refractivity contribution is 7.89. The fraction of sp³-hybridized carbons (Fsp3) is 0.467. The number of hydrogen-bond acceptors (Lipinski definition) is 8. The van der Waals surface area contributed by atoms with Crippen LogP contribution in [0.1, 0.15) is 18.1 Å². The van der Waals surface area contributed by atoms with E-state index in [0.29, 0.717) is 18.2 Å². The minimum absolute atomic E-state index is 0.0238. The third-order valence-electron chi connectivity index (χ3n) is 4.29. The van der Waals surface area contributed by atoms with E-state index in [9.17, 15) is 13.5 Å². The van der Waals surface area contributed by atoms with Crippen LogP contribution in [0.2, 0.25) is 0 Å². The minimum Gasteiger partial charge on any atom is -0.486 e. The molecule has 2 aromatic rings. The summed E-state index contributed by atoms with van der Waals surface area (Å²) >= 11 is 0. The van der Waals surface area contributed by atoms with Crippen LogP contribution in [0.25, 0.3) is 0 Å². The molecule has 2 aliphatic rings. The lowest BCUT2D eigenvalue weighted by Crippen LogP contribution is -2.35. The number of rotatable bonds is 3. The van der Waals surface area contributed by atoms with Gasteiger partial charge in [-0.2, -0.15) is 9.29 Å². The fourth-order valence-electron chi connectivity index (χ4n) is 3.01. The minimum atomic E-state index is -3.87. The van der Waals surface area contributed by atoms with E-state index in [1.165, 1.54) is 10.4 Å². The molecule has 1 N–H and O–H groups in total. The van der Waals surface area contributed by atoms with Crippen molar-refractivity contribution in [2.45, 2.75) is 23.8 Å². The highest BCUT2D eigenvalue weighted by atomic mass is 32.2. The summed E-state index contributed by atoms with van der Waals surface area (Å²) in [7, 11) is -3.87. The molecule has 9 nitrogen and oxygen atoms in total. The van der Waals surface area contributed by atoms with Crippen molar-refractivity contribution in [1.82, 2.24) is 14.4 Å². The Kier molecular flexibility index (Phi) is 3.71. The molecule has 1 atom stereocenters. The van der Waals surface area contributed by atoms with Gasteiger partial charge in [0.05, 0.1) is 6.54 Å².